The maximum atomic E-state index is 9.76. The van der Waals surface area contributed by atoms with Gasteiger partial charge in [0, 0.05) is 16.6 Å². The molecule has 4 heteroatoms. The van der Waals surface area contributed by atoms with E-state index in [1.807, 2.05) is 31.2 Å². The molecule has 2 N–H and O–H groups in total. The molecule has 18 heavy (non-hydrogen) atoms. The second kappa shape index (κ2) is 5.63. The van der Waals surface area contributed by atoms with Crippen molar-refractivity contribution in [2.24, 2.45) is 0 Å². The number of hydrogen-bond donors (Lipinski definition) is 2. The molecule has 2 aromatic carbocycles. The number of hydrogen-bond acceptors (Lipinski definition) is 2. The predicted molar refractivity (Wildman–Crippen MR) is 79.3 cm³/mol. The number of nitrogens with one attached hydrogen (secondary N) is 1. The van der Waals surface area contributed by atoms with Crippen molar-refractivity contribution >= 4 is 33.2 Å². The van der Waals surface area contributed by atoms with Crippen LogP contribution in [-0.2, 0) is 6.54 Å². The van der Waals surface area contributed by atoms with Crippen LogP contribution in [0, 0.1) is 6.92 Å². The zero-order chi connectivity index (χ0) is 13.1. The van der Waals surface area contributed by atoms with E-state index in [9.17, 15) is 5.11 Å². The van der Waals surface area contributed by atoms with E-state index in [2.05, 4.69) is 21.2 Å². The average Bonchev–Trinajstić information content (AvgIpc) is 2.33. The minimum Gasteiger partial charge on any atom is -0.508 e. The van der Waals surface area contributed by atoms with E-state index in [0.717, 1.165) is 21.3 Å². The molecule has 0 heterocycles. The fraction of sp³-hybridized carbons (Fsp3) is 0.143. The molecule has 0 spiro atoms. The molecule has 0 amide bonds. The molecule has 94 valence electrons. The number of para-hydroxylation sites is 1. The Kier molecular flexibility index (Phi) is 4.15. The van der Waals surface area contributed by atoms with Gasteiger partial charge in [-0.1, -0.05) is 39.7 Å². The summed E-state index contributed by atoms with van der Waals surface area (Å²) in [5.74, 6) is 0.274. The monoisotopic (exact) mass is 325 g/mol. The molecule has 0 saturated carbocycles. The number of phenolic OH excluding ortho intramolecular Hbond substituents is 1. The third-order valence-corrected chi connectivity index (χ3v) is 3.53. The summed E-state index contributed by atoms with van der Waals surface area (Å²) in [6.45, 7) is 2.52. The molecule has 2 aromatic rings. The Hall–Kier alpha value is -1.19. The summed E-state index contributed by atoms with van der Waals surface area (Å²) in [5.41, 5.74) is 2.80. The van der Waals surface area contributed by atoms with Crippen LogP contribution in [0.25, 0.3) is 0 Å². The lowest BCUT2D eigenvalue weighted by Crippen LogP contribution is -2.02. The lowest BCUT2D eigenvalue weighted by Gasteiger charge is -2.12. The molecular weight excluding hydrogens is 314 g/mol. The molecule has 0 fully saturated rings. The molecule has 0 aromatic heterocycles. The Bertz CT molecular complexity index is 551. The number of rotatable bonds is 3. The summed E-state index contributed by atoms with van der Waals surface area (Å²) in [7, 11) is 0. The van der Waals surface area contributed by atoms with E-state index < -0.39 is 0 Å². The smallest absolute Gasteiger partial charge is 0.120 e. The first-order valence-corrected chi connectivity index (χ1v) is 6.71. The Morgan fingerprint density at radius 2 is 2.06 bits per heavy atom. The van der Waals surface area contributed by atoms with E-state index >= 15 is 0 Å². The maximum absolute atomic E-state index is 9.76. The number of benzene rings is 2. The number of aryl methyl sites for hydroxylation is 1. The maximum Gasteiger partial charge on any atom is 0.120 e. The van der Waals surface area contributed by atoms with Crippen molar-refractivity contribution in [2.45, 2.75) is 13.5 Å². The average molecular weight is 327 g/mol. The second-order valence-electron chi connectivity index (χ2n) is 4.06. The highest BCUT2D eigenvalue weighted by molar-refractivity contribution is 9.10. The number of aromatic hydroxyl groups is 1. The minimum atomic E-state index is 0.274. The highest BCUT2D eigenvalue weighted by atomic mass is 79.9. The van der Waals surface area contributed by atoms with Crippen molar-refractivity contribution in [1.29, 1.82) is 0 Å². The molecule has 2 rings (SSSR count). The molecule has 0 saturated heterocycles. The standard InChI is InChI=1S/C14H13BrClNO/c1-9-3-2-4-12(16)14(9)17-8-10-7-11(15)5-6-13(10)18/h2-7,17-18H,8H2,1H3. The molecule has 0 radical (unpaired) electrons. The van der Waals surface area contributed by atoms with Gasteiger partial charge in [-0.3, -0.25) is 0 Å². The van der Waals surface area contributed by atoms with Gasteiger partial charge >= 0.3 is 0 Å². The number of halogens is 2. The number of anilines is 1. The van der Waals surface area contributed by atoms with Crippen LogP contribution in [0.1, 0.15) is 11.1 Å². The Morgan fingerprint density at radius 1 is 1.28 bits per heavy atom. The fourth-order valence-corrected chi connectivity index (χ4v) is 2.43. The van der Waals surface area contributed by atoms with Gasteiger partial charge in [0.1, 0.15) is 5.75 Å². The van der Waals surface area contributed by atoms with Gasteiger partial charge in [-0.25, -0.2) is 0 Å². The molecule has 0 bridgehead atoms. The van der Waals surface area contributed by atoms with E-state index in [1.54, 1.807) is 12.1 Å². The molecule has 2 nitrogen and oxygen atoms in total. The highest BCUT2D eigenvalue weighted by Crippen LogP contribution is 2.28. The van der Waals surface area contributed by atoms with Crippen LogP contribution in [0.3, 0.4) is 0 Å². The normalized spacial score (nSPS) is 10.4. The zero-order valence-electron chi connectivity index (χ0n) is 9.87. The molecule has 0 unspecified atom stereocenters. The Labute approximate surface area is 120 Å². The molecule has 0 atom stereocenters. The van der Waals surface area contributed by atoms with Gasteiger partial charge < -0.3 is 10.4 Å². The van der Waals surface area contributed by atoms with Crippen LogP contribution in [0.5, 0.6) is 5.75 Å². The lowest BCUT2D eigenvalue weighted by atomic mass is 10.1. The van der Waals surface area contributed by atoms with Gasteiger partial charge in [0.15, 0.2) is 0 Å². The van der Waals surface area contributed by atoms with Gasteiger partial charge in [-0.15, -0.1) is 0 Å². The molecule has 0 aliphatic rings. The quantitative estimate of drug-likeness (QED) is 0.854. The summed E-state index contributed by atoms with van der Waals surface area (Å²) in [5, 5.41) is 13.7. The van der Waals surface area contributed by atoms with E-state index in [-0.39, 0.29) is 5.75 Å². The fourth-order valence-electron chi connectivity index (χ4n) is 1.74. The summed E-state index contributed by atoms with van der Waals surface area (Å²) >= 11 is 9.52. The van der Waals surface area contributed by atoms with Crippen LogP contribution in [-0.4, -0.2) is 5.11 Å². The SMILES string of the molecule is Cc1cccc(Cl)c1NCc1cc(Br)ccc1O. The van der Waals surface area contributed by atoms with Crippen molar-refractivity contribution in [3.05, 3.63) is 57.0 Å². The van der Waals surface area contributed by atoms with E-state index in [0.29, 0.717) is 11.6 Å². The topological polar surface area (TPSA) is 32.3 Å². The van der Waals surface area contributed by atoms with Crippen molar-refractivity contribution in [3.63, 3.8) is 0 Å². The van der Waals surface area contributed by atoms with Crippen molar-refractivity contribution < 1.29 is 5.11 Å². The van der Waals surface area contributed by atoms with Gasteiger partial charge in [0.25, 0.3) is 0 Å². The van der Waals surface area contributed by atoms with Crippen LogP contribution in [0.15, 0.2) is 40.9 Å². The van der Waals surface area contributed by atoms with Crippen LogP contribution in [0.4, 0.5) is 5.69 Å². The first kappa shape index (κ1) is 13.2. The predicted octanol–water partition coefficient (Wildman–Crippen LogP) is 4.73. The van der Waals surface area contributed by atoms with E-state index in [1.165, 1.54) is 0 Å². The second-order valence-corrected chi connectivity index (χ2v) is 5.38. The Balaban J connectivity index is 2.19. The van der Waals surface area contributed by atoms with Crippen molar-refractivity contribution in [1.82, 2.24) is 0 Å². The summed E-state index contributed by atoms with van der Waals surface area (Å²) in [6.07, 6.45) is 0. The van der Waals surface area contributed by atoms with Crippen molar-refractivity contribution in [2.75, 3.05) is 5.32 Å². The zero-order valence-corrected chi connectivity index (χ0v) is 12.2. The largest absolute Gasteiger partial charge is 0.508 e. The first-order valence-electron chi connectivity index (χ1n) is 5.54. The van der Waals surface area contributed by atoms with Crippen LogP contribution < -0.4 is 5.32 Å². The van der Waals surface area contributed by atoms with Gasteiger partial charge in [-0.2, -0.15) is 0 Å². The molecule has 0 aliphatic carbocycles. The number of phenols is 1. The minimum absolute atomic E-state index is 0.274. The molecular formula is C14H13BrClNO. The van der Waals surface area contributed by atoms with Gasteiger partial charge in [0.2, 0.25) is 0 Å². The molecule has 0 aliphatic heterocycles. The Morgan fingerprint density at radius 3 is 2.78 bits per heavy atom. The van der Waals surface area contributed by atoms with Crippen molar-refractivity contribution in [3.8, 4) is 5.75 Å². The summed E-state index contributed by atoms with van der Waals surface area (Å²) in [6, 6.07) is 11.1. The van der Waals surface area contributed by atoms with Crippen LogP contribution in [0.2, 0.25) is 5.02 Å². The lowest BCUT2D eigenvalue weighted by molar-refractivity contribution is 0.469. The third-order valence-electron chi connectivity index (χ3n) is 2.72. The van der Waals surface area contributed by atoms with Crippen LogP contribution >= 0.6 is 27.5 Å². The summed E-state index contributed by atoms with van der Waals surface area (Å²) < 4.78 is 0.938. The van der Waals surface area contributed by atoms with Gasteiger partial charge in [-0.05, 0) is 36.8 Å². The first-order chi connectivity index (χ1) is 8.58. The highest BCUT2D eigenvalue weighted by Gasteiger charge is 2.05. The van der Waals surface area contributed by atoms with E-state index in [4.69, 9.17) is 11.6 Å². The third kappa shape index (κ3) is 2.98. The summed E-state index contributed by atoms with van der Waals surface area (Å²) in [4.78, 5) is 0. The van der Waals surface area contributed by atoms with Gasteiger partial charge in [0.05, 0.1) is 10.7 Å².